The molecule has 0 atom stereocenters. The zero-order valence-electron chi connectivity index (χ0n) is 13.5. The summed E-state index contributed by atoms with van der Waals surface area (Å²) >= 11 is 1.89. The second-order valence-corrected chi connectivity index (χ2v) is 7.15. The SMILES string of the molecule is Cc1ccc(CN(CCc2ccccc2)Cc2ccccn2)s1. The molecule has 3 aromatic rings. The minimum absolute atomic E-state index is 0.893. The minimum atomic E-state index is 0.893. The molecule has 3 rings (SSSR count). The molecule has 0 saturated carbocycles. The van der Waals surface area contributed by atoms with Gasteiger partial charge in [0.25, 0.3) is 0 Å². The first-order valence-corrected chi connectivity index (χ1v) is 8.83. The zero-order valence-corrected chi connectivity index (χ0v) is 14.3. The fourth-order valence-corrected chi connectivity index (χ4v) is 3.59. The zero-order chi connectivity index (χ0) is 15.9. The van der Waals surface area contributed by atoms with Crippen molar-refractivity contribution in [1.29, 1.82) is 0 Å². The minimum Gasteiger partial charge on any atom is -0.292 e. The number of thiophene rings is 1. The molecule has 0 spiro atoms. The Morgan fingerprint density at radius 3 is 2.43 bits per heavy atom. The van der Waals surface area contributed by atoms with Gasteiger partial charge in [0.2, 0.25) is 0 Å². The molecule has 2 nitrogen and oxygen atoms in total. The van der Waals surface area contributed by atoms with Crippen LogP contribution in [0.4, 0.5) is 0 Å². The van der Waals surface area contributed by atoms with Crippen molar-refractivity contribution in [1.82, 2.24) is 9.88 Å². The highest BCUT2D eigenvalue weighted by molar-refractivity contribution is 7.11. The number of rotatable bonds is 7. The number of aromatic nitrogens is 1. The van der Waals surface area contributed by atoms with Gasteiger partial charge in [-0.15, -0.1) is 11.3 Å². The summed E-state index contributed by atoms with van der Waals surface area (Å²) in [4.78, 5) is 9.77. The van der Waals surface area contributed by atoms with E-state index in [1.165, 1.54) is 15.3 Å². The van der Waals surface area contributed by atoms with Crippen molar-refractivity contribution in [3.63, 3.8) is 0 Å². The van der Waals surface area contributed by atoms with Crippen LogP contribution in [-0.2, 0) is 19.5 Å². The van der Waals surface area contributed by atoms with Crippen molar-refractivity contribution < 1.29 is 0 Å². The summed E-state index contributed by atoms with van der Waals surface area (Å²) in [6.07, 6.45) is 2.94. The van der Waals surface area contributed by atoms with E-state index in [4.69, 9.17) is 0 Å². The molecule has 0 N–H and O–H groups in total. The van der Waals surface area contributed by atoms with Gasteiger partial charge in [0.05, 0.1) is 5.69 Å². The Bertz CT molecular complexity index is 707. The fraction of sp³-hybridized carbons (Fsp3) is 0.250. The van der Waals surface area contributed by atoms with Crippen molar-refractivity contribution in [2.24, 2.45) is 0 Å². The lowest BCUT2D eigenvalue weighted by molar-refractivity contribution is 0.259. The molecule has 2 heterocycles. The molecule has 0 aliphatic carbocycles. The maximum absolute atomic E-state index is 4.48. The lowest BCUT2D eigenvalue weighted by Gasteiger charge is -2.21. The summed E-state index contributed by atoms with van der Waals surface area (Å²) in [5, 5.41) is 0. The maximum atomic E-state index is 4.48. The van der Waals surface area contributed by atoms with Crippen LogP contribution in [0.5, 0.6) is 0 Å². The first kappa shape index (κ1) is 15.9. The van der Waals surface area contributed by atoms with Gasteiger partial charge in [-0.2, -0.15) is 0 Å². The van der Waals surface area contributed by atoms with E-state index < -0.39 is 0 Å². The molecule has 23 heavy (non-hydrogen) atoms. The highest BCUT2D eigenvalue weighted by atomic mass is 32.1. The average molecular weight is 322 g/mol. The van der Waals surface area contributed by atoms with Crippen molar-refractivity contribution >= 4 is 11.3 Å². The summed E-state index contributed by atoms with van der Waals surface area (Å²) in [7, 11) is 0. The van der Waals surface area contributed by atoms with Crippen LogP contribution in [0.3, 0.4) is 0 Å². The average Bonchev–Trinajstić information content (AvgIpc) is 2.99. The molecule has 0 radical (unpaired) electrons. The van der Waals surface area contributed by atoms with Crippen LogP contribution in [0.25, 0.3) is 0 Å². The molecule has 2 aromatic heterocycles. The highest BCUT2D eigenvalue weighted by Crippen LogP contribution is 2.18. The lowest BCUT2D eigenvalue weighted by atomic mass is 10.1. The van der Waals surface area contributed by atoms with E-state index in [2.05, 4.69) is 71.4 Å². The summed E-state index contributed by atoms with van der Waals surface area (Å²) in [6, 6.07) is 21.3. The Morgan fingerprint density at radius 2 is 1.74 bits per heavy atom. The molecule has 0 amide bonds. The molecule has 0 fully saturated rings. The number of hydrogen-bond donors (Lipinski definition) is 0. The standard InChI is InChI=1S/C20H22N2S/c1-17-10-11-20(23-17)16-22(15-19-9-5-6-13-21-19)14-12-18-7-3-2-4-8-18/h2-11,13H,12,14-16H2,1H3. The van der Waals surface area contributed by atoms with Gasteiger partial charge in [-0.1, -0.05) is 36.4 Å². The number of aryl methyl sites for hydroxylation is 1. The smallest absolute Gasteiger partial charge is 0.0544 e. The van der Waals surface area contributed by atoms with E-state index in [1.807, 2.05) is 23.6 Å². The summed E-state index contributed by atoms with van der Waals surface area (Å²) in [5.41, 5.74) is 2.52. The first-order valence-electron chi connectivity index (χ1n) is 8.01. The second-order valence-electron chi connectivity index (χ2n) is 5.78. The second kappa shape index (κ2) is 8.04. The van der Waals surface area contributed by atoms with Crippen LogP contribution in [0.1, 0.15) is 21.0 Å². The largest absolute Gasteiger partial charge is 0.292 e. The van der Waals surface area contributed by atoms with Gasteiger partial charge in [0.15, 0.2) is 0 Å². The third-order valence-electron chi connectivity index (χ3n) is 3.85. The van der Waals surface area contributed by atoms with Crippen LogP contribution in [-0.4, -0.2) is 16.4 Å². The monoisotopic (exact) mass is 322 g/mol. The van der Waals surface area contributed by atoms with Crippen LogP contribution in [0.15, 0.2) is 66.9 Å². The Kier molecular flexibility index (Phi) is 5.56. The van der Waals surface area contributed by atoms with Gasteiger partial charge in [-0.25, -0.2) is 0 Å². The van der Waals surface area contributed by atoms with Gasteiger partial charge < -0.3 is 0 Å². The Balaban J connectivity index is 1.67. The lowest BCUT2D eigenvalue weighted by Crippen LogP contribution is -2.25. The quantitative estimate of drug-likeness (QED) is 0.627. The third kappa shape index (κ3) is 5.02. The summed E-state index contributed by atoms with van der Waals surface area (Å²) < 4.78 is 0. The van der Waals surface area contributed by atoms with E-state index in [0.717, 1.165) is 31.7 Å². The molecule has 0 aliphatic heterocycles. The van der Waals surface area contributed by atoms with E-state index in [9.17, 15) is 0 Å². The van der Waals surface area contributed by atoms with Crippen molar-refractivity contribution in [3.05, 3.63) is 87.9 Å². The fourth-order valence-electron chi connectivity index (χ4n) is 2.66. The van der Waals surface area contributed by atoms with Gasteiger partial charge in [-0.05, 0) is 43.2 Å². The van der Waals surface area contributed by atoms with E-state index >= 15 is 0 Å². The maximum Gasteiger partial charge on any atom is 0.0544 e. The Hall–Kier alpha value is -1.97. The van der Waals surface area contributed by atoms with Crippen molar-refractivity contribution in [2.75, 3.05) is 6.54 Å². The number of nitrogens with zero attached hydrogens (tertiary/aromatic N) is 2. The molecule has 1 aromatic carbocycles. The third-order valence-corrected chi connectivity index (χ3v) is 4.83. The van der Waals surface area contributed by atoms with Crippen molar-refractivity contribution in [2.45, 2.75) is 26.4 Å². The van der Waals surface area contributed by atoms with Gasteiger partial charge in [0, 0.05) is 35.6 Å². The van der Waals surface area contributed by atoms with Crippen LogP contribution >= 0.6 is 11.3 Å². The Morgan fingerprint density at radius 1 is 0.913 bits per heavy atom. The van der Waals surface area contributed by atoms with E-state index in [-0.39, 0.29) is 0 Å². The summed E-state index contributed by atoms with van der Waals surface area (Å²) in [6.45, 7) is 5.09. The molecule has 0 unspecified atom stereocenters. The van der Waals surface area contributed by atoms with Gasteiger partial charge in [0.1, 0.15) is 0 Å². The Labute approximate surface area is 142 Å². The molecular weight excluding hydrogens is 300 g/mol. The molecule has 0 saturated heterocycles. The molecule has 118 valence electrons. The van der Waals surface area contributed by atoms with Gasteiger partial charge >= 0.3 is 0 Å². The van der Waals surface area contributed by atoms with Crippen molar-refractivity contribution in [3.8, 4) is 0 Å². The van der Waals surface area contributed by atoms with Crippen LogP contribution in [0.2, 0.25) is 0 Å². The molecule has 0 bridgehead atoms. The predicted molar refractivity (Wildman–Crippen MR) is 97.6 cm³/mol. The summed E-state index contributed by atoms with van der Waals surface area (Å²) in [5.74, 6) is 0. The van der Waals surface area contributed by atoms with E-state index in [0.29, 0.717) is 0 Å². The van der Waals surface area contributed by atoms with Gasteiger partial charge in [-0.3, -0.25) is 9.88 Å². The number of hydrogen-bond acceptors (Lipinski definition) is 3. The first-order chi connectivity index (χ1) is 11.3. The normalized spacial score (nSPS) is 11.0. The van der Waals surface area contributed by atoms with E-state index in [1.54, 1.807) is 0 Å². The highest BCUT2D eigenvalue weighted by Gasteiger charge is 2.09. The van der Waals surface area contributed by atoms with Crippen LogP contribution < -0.4 is 0 Å². The van der Waals surface area contributed by atoms with Crippen LogP contribution in [0, 0.1) is 6.92 Å². The number of pyridine rings is 1. The molecule has 0 aliphatic rings. The predicted octanol–water partition coefficient (Wildman–Crippen LogP) is 4.70. The molecule has 3 heteroatoms. The number of benzene rings is 1. The molecular formula is C20H22N2S. The topological polar surface area (TPSA) is 16.1 Å².